The number of nitrogens with one attached hydrogen (secondary N) is 3. The van der Waals surface area contributed by atoms with Crippen molar-refractivity contribution in [1.29, 1.82) is 0 Å². The molecule has 1 atom stereocenters. The number of benzene rings is 1. The van der Waals surface area contributed by atoms with Gasteiger partial charge in [0.05, 0.1) is 5.56 Å². The number of carbonyl (C=O) groups is 2. The molecule has 1 fully saturated rings. The summed E-state index contributed by atoms with van der Waals surface area (Å²) in [5.74, 6) is -0.597. The lowest BCUT2D eigenvalue weighted by atomic mass is 10.1. The summed E-state index contributed by atoms with van der Waals surface area (Å²) in [6.45, 7) is 1.67. The fourth-order valence-electron chi connectivity index (χ4n) is 2.76. The van der Waals surface area contributed by atoms with Crippen molar-refractivity contribution in [3.63, 3.8) is 0 Å². The Morgan fingerprint density at radius 2 is 2.00 bits per heavy atom. The van der Waals surface area contributed by atoms with E-state index < -0.39 is 6.03 Å². The summed E-state index contributed by atoms with van der Waals surface area (Å²) in [5, 5.41) is 9.10. The van der Waals surface area contributed by atoms with Gasteiger partial charge in [-0.15, -0.1) is 23.7 Å². The topological polar surface area (TPSA) is 96.2 Å². The summed E-state index contributed by atoms with van der Waals surface area (Å²) in [5.41, 5.74) is 6.33. The number of nitrogens with two attached hydrogens (primary N) is 1. The van der Waals surface area contributed by atoms with Gasteiger partial charge in [0.1, 0.15) is 10.8 Å². The molecule has 0 radical (unpaired) electrons. The van der Waals surface area contributed by atoms with Gasteiger partial charge in [-0.1, -0.05) is 12.1 Å². The molecule has 1 aliphatic rings. The Morgan fingerprint density at radius 1 is 1.27 bits per heavy atom. The molecule has 1 aromatic heterocycles. The molecule has 0 bridgehead atoms. The molecule has 9 heteroatoms. The highest BCUT2D eigenvalue weighted by molar-refractivity contribution is 7.20. The Kier molecular flexibility index (Phi) is 6.96. The molecule has 3 amide bonds. The van der Waals surface area contributed by atoms with Crippen molar-refractivity contribution < 1.29 is 14.0 Å². The lowest BCUT2D eigenvalue weighted by Crippen LogP contribution is -2.45. The number of halogens is 2. The standard InChI is InChI=1S/C17H19FN4O2S.ClH/c18-11-5-3-10(4-6-11)14-8-13(16(25-14)22-17(19)24)15(23)21-12-2-1-7-20-9-12;/h3-6,8,12,20H,1-2,7,9H2,(H,21,23)(H3,19,22,24);1H/t12-;/m0./s1. The Bertz CT molecular complexity index is 776. The van der Waals surface area contributed by atoms with Gasteiger partial charge >= 0.3 is 6.03 Å². The van der Waals surface area contributed by atoms with Crippen molar-refractivity contribution in [3.05, 3.63) is 41.7 Å². The highest BCUT2D eigenvalue weighted by Crippen LogP contribution is 2.35. The predicted octanol–water partition coefficient (Wildman–Crippen LogP) is 2.95. The molecule has 0 spiro atoms. The molecular weight excluding hydrogens is 379 g/mol. The summed E-state index contributed by atoms with van der Waals surface area (Å²) >= 11 is 1.23. The minimum atomic E-state index is -0.735. The number of amides is 3. The van der Waals surface area contributed by atoms with Crippen LogP contribution >= 0.6 is 23.7 Å². The number of hydrogen-bond acceptors (Lipinski definition) is 4. The normalized spacial score (nSPS) is 16.4. The van der Waals surface area contributed by atoms with E-state index in [1.54, 1.807) is 18.2 Å². The monoisotopic (exact) mass is 398 g/mol. The van der Waals surface area contributed by atoms with Gasteiger partial charge < -0.3 is 16.4 Å². The van der Waals surface area contributed by atoms with Crippen molar-refractivity contribution in [1.82, 2.24) is 10.6 Å². The van der Waals surface area contributed by atoms with Gasteiger partial charge in [-0.25, -0.2) is 9.18 Å². The molecule has 26 heavy (non-hydrogen) atoms. The Hall–Kier alpha value is -2.16. The maximum atomic E-state index is 13.1. The lowest BCUT2D eigenvalue weighted by molar-refractivity contribution is 0.0932. The van der Waals surface area contributed by atoms with E-state index in [9.17, 15) is 14.0 Å². The fraction of sp³-hybridized carbons (Fsp3) is 0.294. The maximum absolute atomic E-state index is 13.1. The number of piperidine rings is 1. The third-order valence-corrected chi connectivity index (χ3v) is 5.07. The third-order valence-electron chi connectivity index (χ3n) is 3.97. The van der Waals surface area contributed by atoms with Crippen LogP contribution in [0.1, 0.15) is 23.2 Å². The number of urea groups is 1. The van der Waals surface area contributed by atoms with E-state index in [0.717, 1.165) is 36.4 Å². The summed E-state index contributed by atoms with van der Waals surface area (Å²) in [4.78, 5) is 24.6. The van der Waals surface area contributed by atoms with E-state index in [1.165, 1.54) is 23.5 Å². The number of thiophene rings is 1. The maximum Gasteiger partial charge on any atom is 0.317 e. The highest BCUT2D eigenvalue weighted by atomic mass is 35.5. The van der Waals surface area contributed by atoms with Crippen molar-refractivity contribution in [2.24, 2.45) is 5.73 Å². The van der Waals surface area contributed by atoms with Crippen LogP contribution in [-0.2, 0) is 0 Å². The molecule has 0 unspecified atom stereocenters. The highest BCUT2D eigenvalue weighted by Gasteiger charge is 2.21. The van der Waals surface area contributed by atoms with Gasteiger partial charge in [-0.3, -0.25) is 10.1 Å². The van der Waals surface area contributed by atoms with Crippen LogP contribution in [0.2, 0.25) is 0 Å². The smallest absolute Gasteiger partial charge is 0.317 e. The average molecular weight is 399 g/mol. The first kappa shape index (κ1) is 20.2. The number of anilines is 1. The van der Waals surface area contributed by atoms with Gasteiger partial charge in [0.2, 0.25) is 0 Å². The molecule has 3 rings (SSSR count). The lowest BCUT2D eigenvalue weighted by Gasteiger charge is -2.23. The molecule has 0 aliphatic carbocycles. The number of hydrogen-bond donors (Lipinski definition) is 4. The van der Waals surface area contributed by atoms with Crippen LogP contribution in [0, 0.1) is 5.82 Å². The van der Waals surface area contributed by atoms with Crippen LogP contribution in [0.15, 0.2) is 30.3 Å². The Labute approximate surface area is 160 Å². The molecule has 1 aliphatic heterocycles. The molecule has 2 heterocycles. The van der Waals surface area contributed by atoms with Crippen LogP contribution in [0.5, 0.6) is 0 Å². The van der Waals surface area contributed by atoms with Gasteiger partial charge in [-0.2, -0.15) is 0 Å². The summed E-state index contributed by atoms with van der Waals surface area (Å²) in [6, 6.07) is 6.96. The van der Waals surface area contributed by atoms with Crippen LogP contribution < -0.4 is 21.7 Å². The minimum absolute atomic E-state index is 0. The van der Waals surface area contributed by atoms with E-state index in [0.29, 0.717) is 10.6 Å². The molecule has 1 aromatic carbocycles. The average Bonchev–Trinajstić information content (AvgIpc) is 2.99. The van der Waals surface area contributed by atoms with E-state index in [4.69, 9.17) is 5.73 Å². The van der Waals surface area contributed by atoms with Crippen LogP contribution in [0.25, 0.3) is 10.4 Å². The van der Waals surface area contributed by atoms with Gasteiger partial charge in [0.25, 0.3) is 5.91 Å². The SMILES string of the molecule is Cl.NC(=O)Nc1sc(-c2ccc(F)cc2)cc1C(=O)N[C@H]1CCCNC1. The Morgan fingerprint density at radius 3 is 2.62 bits per heavy atom. The van der Waals surface area contributed by atoms with E-state index in [-0.39, 0.29) is 30.2 Å². The second-order valence-corrected chi connectivity index (χ2v) is 6.92. The first-order chi connectivity index (χ1) is 12.0. The van der Waals surface area contributed by atoms with E-state index in [1.807, 2.05) is 0 Å². The number of carbonyl (C=O) groups excluding carboxylic acids is 2. The molecular formula is C17H20ClFN4O2S. The van der Waals surface area contributed by atoms with Crippen molar-refractivity contribution in [2.45, 2.75) is 18.9 Å². The van der Waals surface area contributed by atoms with Gasteiger partial charge in [0.15, 0.2) is 0 Å². The summed E-state index contributed by atoms with van der Waals surface area (Å²) in [6.07, 6.45) is 1.91. The van der Waals surface area contributed by atoms with Gasteiger partial charge in [-0.05, 0) is 43.1 Å². The third kappa shape index (κ3) is 4.94. The summed E-state index contributed by atoms with van der Waals surface area (Å²) in [7, 11) is 0. The molecule has 140 valence electrons. The zero-order chi connectivity index (χ0) is 17.8. The first-order valence-corrected chi connectivity index (χ1v) is 8.82. The largest absolute Gasteiger partial charge is 0.351 e. The van der Waals surface area contributed by atoms with Crippen molar-refractivity contribution in [2.75, 3.05) is 18.4 Å². The second-order valence-electron chi connectivity index (χ2n) is 5.87. The fourth-order valence-corrected chi connectivity index (χ4v) is 3.82. The quantitative estimate of drug-likeness (QED) is 0.637. The predicted molar refractivity (Wildman–Crippen MR) is 104 cm³/mol. The summed E-state index contributed by atoms with van der Waals surface area (Å²) < 4.78 is 13.1. The van der Waals surface area contributed by atoms with Crippen molar-refractivity contribution in [3.8, 4) is 10.4 Å². The van der Waals surface area contributed by atoms with Crippen LogP contribution in [-0.4, -0.2) is 31.1 Å². The minimum Gasteiger partial charge on any atom is -0.351 e. The molecule has 2 aromatic rings. The number of primary amides is 1. The number of rotatable bonds is 4. The molecule has 0 saturated carbocycles. The zero-order valence-electron chi connectivity index (χ0n) is 13.9. The van der Waals surface area contributed by atoms with Crippen molar-refractivity contribution >= 4 is 40.7 Å². The molecule has 6 nitrogen and oxygen atoms in total. The zero-order valence-corrected chi connectivity index (χ0v) is 15.5. The first-order valence-electron chi connectivity index (χ1n) is 8.01. The second kappa shape index (κ2) is 8.98. The van der Waals surface area contributed by atoms with Gasteiger partial charge in [0, 0.05) is 17.5 Å². The van der Waals surface area contributed by atoms with E-state index in [2.05, 4.69) is 16.0 Å². The van der Waals surface area contributed by atoms with Crippen LogP contribution in [0.4, 0.5) is 14.2 Å². The Balaban J connectivity index is 0.00000243. The molecule has 5 N–H and O–H groups in total. The van der Waals surface area contributed by atoms with Crippen LogP contribution in [0.3, 0.4) is 0 Å². The molecule has 1 saturated heterocycles. The van der Waals surface area contributed by atoms with E-state index >= 15 is 0 Å².